The average molecular weight is 461 g/mol. The summed E-state index contributed by atoms with van der Waals surface area (Å²) in [5.41, 5.74) is 5.85. The molecule has 2 nitrogen and oxygen atoms in total. The Bertz CT molecular complexity index is 2080. The topological polar surface area (TPSA) is 26.3 Å². The Morgan fingerprint density at radius 3 is 1.81 bits per heavy atom. The van der Waals surface area contributed by atoms with E-state index in [0.29, 0.717) is 0 Å². The van der Waals surface area contributed by atoms with Crippen molar-refractivity contribution in [3.63, 3.8) is 0 Å². The van der Waals surface area contributed by atoms with Gasteiger partial charge in [-0.2, -0.15) is 0 Å². The first-order chi connectivity index (χ1) is 17.9. The van der Waals surface area contributed by atoms with Gasteiger partial charge < -0.3 is 8.83 Å². The number of hydrogen-bond acceptors (Lipinski definition) is 2. The highest BCUT2D eigenvalue weighted by molar-refractivity contribution is 6.35. The molecule has 0 saturated carbocycles. The molecule has 0 aliphatic carbocycles. The highest BCUT2D eigenvalue weighted by Gasteiger charge is 2.26. The Morgan fingerprint density at radius 2 is 1.03 bits per heavy atom. The second-order valence-electron chi connectivity index (χ2n) is 9.25. The first kappa shape index (κ1) is 19.5. The van der Waals surface area contributed by atoms with Gasteiger partial charge in [-0.25, -0.2) is 0 Å². The third-order valence-electron chi connectivity index (χ3n) is 7.25. The van der Waals surface area contributed by atoms with Crippen LogP contribution in [0.3, 0.4) is 0 Å². The zero-order valence-electron chi connectivity index (χ0n) is 19.4. The molecule has 168 valence electrons. The van der Waals surface area contributed by atoms with Crippen molar-refractivity contribution in [2.45, 2.75) is 0 Å². The summed E-state index contributed by atoms with van der Waals surface area (Å²) in [6, 6.07) is 42.1. The van der Waals surface area contributed by atoms with Gasteiger partial charge in [0.05, 0.1) is 5.39 Å². The van der Waals surface area contributed by atoms with Crippen LogP contribution in [0.25, 0.3) is 76.9 Å². The van der Waals surface area contributed by atoms with Gasteiger partial charge in [-0.1, -0.05) is 115 Å². The molecule has 8 rings (SSSR count). The minimum atomic E-state index is 0.860. The second kappa shape index (κ2) is 7.34. The smallest absolute Gasteiger partial charge is 0.147 e. The molecule has 36 heavy (non-hydrogen) atoms. The third-order valence-corrected chi connectivity index (χ3v) is 7.25. The van der Waals surface area contributed by atoms with Crippen LogP contribution in [-0.2, 0) is 0 Å². The van der Waals surface area contributed by atoms with Crippen LogP contribution in [0.5, 0.6) is 0 Å². The number of hydrogen-bond donors (Lipinski definition) is 0. The van der Waals surface area contributed by atoms with Gasteiger partial charge in [-0.05, 0) is 27.8 Å². The largest absolute Gasteiger partial charge is 0.455 e. The maximum Gasteiger partial charge on any atom is 0.147 e. The normalized spacial score (nSPS) is 11.9. The third kappa shape index (κ3) is 2.61. The minimum Gasteiger partial charge on any atom is -0.455 e. The SMILES string of the molecule is c1ccc(-c2oc3c4ccccc4c4c(oc5ccc6ccccc6c54)c3c2-c2ccccc2)cc1. The molecule has 0 radical (unpaired) electrons. The predicted octanol–water partition coefficient (Wildman–Crippen LogP) is 9.97. The van der Waals surface area contributed by atoms with Gasteiger partial charge in [-0.3, -0.25) is 0 Å². The molecule has 0 aliphatic heterocycles. The van der Waals surface area contributed by atoms with Gasteiger partial charge in [0.1, 0.15) is 22.5 Å². The van der Waals surface area contributed by atoms with Gasteiger partial charge >= 0.3 is 0 Å². The zero-order chi connectivity index (χ0) is 23.6. The molecule has 0 spiro atoms. The molecule has 0 bridgehead atoms. The first-order valence-electron chi connectivity index (χ1n) is 12.2. The van der Waals surface area contributed by atoms with Crippen molar-refractivity contribution < 1.29 is 8.83 Å². The van der Waals surface area contributed by atoms with E-state index in [0.717, 1.165) is 66.1 Å². The molecule has 0 aliphatic rings. The van der Waals surface area contributed by atoms with Crippen LogP contribution in [0.15, 0.2) is 130 Å². The summed E-state index contributed by atoms with van der Waals surface area (Å²) >= 11 is 0. The Morgan fingerprint density at radius 1 is 0.389 bits per heavy atom. The summed E-state index contributed by atoms with van der Waals surface area (Å²) in [7, 11) is 0. The Kier molecular flexibility index (Phi) is 3.97. The molecule has 0 saturated heterocycles. The summed E-state index contributed by atoms with van der Waals surface area (Å²) in [6.07, 6.45) is 0. The van der Waals surface area contributed by atoms with Crippen molar-refractivity contribution in [2.75, 3.05) is 0 Å². The van der Waals surface area contributed by atoms with Crippen LogP contribution in [0, 0.1) is 0 Å². The van der Waals surface area contributed by atoms with Gasteiger partial charge in [0.25, 0.3) is 0 Å². The highest BCUT2D eigenvalue weighted by Crippen LogP contribution is 2.50. The molecule has 0 unspecified atom stereocenters. The Balaban J connectivity index is 1.68. The fourth-order valence-electron chi connectivity index (χ4n) is 5.71. The lowest BCUT2D eigenvalue weighted by Crippen LogP contribution is -1.82. The van der Waals surface area contributed by atoms with Crippen molar-refractivity contribution in [1.29, 1.82) is 0 Å². The summed E-state index contributed by atoms with van der Waals surface area (Å²) in [6.45, 7) is 0. The van der Waals surface area contributed by atoms with Gasteiger partial charge in [0.2, 0.25) is 0 Å². The number of benzene rings is 6. The quantitative estimate of drug-likeness (QED) is 0.256. The monoisotopic (exact) mass is 460 g/mol. The minimum absolute atomic E-state index is 0.860. The lowest BCUT2D eigenvalue weighted by Gasteiger charge is -2.05. The van der Waals surface area contributed by atoms with Crippen molar-refractivity contribution in [2.24, 2.45) is 0 Å². The highest BCUT2D eigenvalue weighted by atomic mass is 16.3. The number of rotatable bonds is 2. The van der Waals surface area contributed by atoms with Crippen LogP contribution >= 0.6 is 0 Å². The maximum absolute atomic E-state index is 6.78. The molecule has 2 heterocycles. The summed E-state index contributed by atoms with van der Waals surface area (Å²) in [5, 5.41) is 7.96. The van der Waals surface area contributed by atoms with Crippen molar-refractivity contribution in [3.8, 4) is 22.5 Å². The molecule has 8 aromatic rings. The van der Waals surface area contributed by atoms with E-state index in [1.807, 2.05) is 12.1 Å². The Hall–Kier alpha value is -4.82. The lowest BCUT2D eigenvalue weighted by atomic mass is 9.94. The van der Waals surface area contributed by atoms with Gasteiger partial charge in [-0.15, -0.1) is 0 Å². The predicted molar refractivity (Wildman–Crippen MR) is 149 cm³/mol. The van der Waals surface area contributed by atoms with E-state index in [1.54, 1.807) is 0 Å². The number of furan rings is 2. The van der Waals surface area contributed by atoms with Crippen LogP contribution in [0.2, 0.25) is 0 Å². The fraction of sp³-hybridized carbons (Fsp3) is 0. The Labute approximate surface area is 207 Å². The van der Waals surface area contributed by atoms with E-state index in [4.69, 9.17) is 8.83 Å². The van der Waals surface area contributed by atoms with E-state index in [1.165, 1.54) is 10.8 Å². The maximum atomic E-state index is 6.78. The average Bonchev–Trinajstić information content (AvgIpc) is 3.54. The van der Waals surface area contributed by atoms with E-state index in [2.05, 4.69) is 109 Å². The molecule has 0 amide bonds. The van der Waals surface area contributed by atoms with E-state index in [-0.39, 0.29) is 0 Å². The molecule has 0 atom stereocenters. The van der Waals surface area contributed by atoms with Crippen molar-refractivity contribution in [1.82, 2.24) is 0 Å². The van der Waals surface area contributed by atoms with Crippen LogP contribution < -0.4 is 0 Å². The van der Waals surface area contributed by atoms with Crippen LogP contribution in [0.4, 0.5) is 0 Å². The number of fused-ring (bicyclic) bond motifs is 10. The lowest BCUT2D eigenvalue weighted by molar-refractivity contribution is 0.635. The first-order valence-corrected chi connectivity index (χ1v) is 12.2. The van der Waals surface area contributed by atoms with Gasteiger partial charge in [0, 0.05) is 27.3 Å². The summed E-state index contributed by atoms with van der Waals surface area (Å²) in [4.78, 5) is 0. The van der Waals surface area contributed by atoms with E-state index >= 15 is 0 Å². The second-order valence-corrected chi connectivity index (χ2v) is 9.25. The molecule has 2 heteroatoms. The molecular weight excluding hydrogens is 440 g/mol. The molecule has 6 aromatic carbocycles. The summed E-state index contributed by atoms with van der Waals surface area (Å²) < 4.78 is 13.5. The molecule has 0 fully saturated rings. The van der Waals surface area contributed by atoms with E-state index < -0.39 is 0 Å². The molecular formula is C34H20O2. The fourth-order valence-corrected chi connectivity index (χ4v) is 5.71. The molecule has 2 aromatic heterocycles. The van der Waals surface area contributed by atoms with Crippen LogP contribution in [0.1, 0.15) is 0 Å². The molecule has 0 N–H and O–H groups in total. The van der Waals surface area contributed by atoms with Gasteiger partial charge in [0.15, 0.2) is 0 Å². The van der Waals surface area contributed by atoms with E-state index in [9.17, 15) is 0 Å². The van der Waals surface area contributed by atoms with Crippen LogP contribution in [-0.4, -0.2) is 0 Å². The summed E-state index contributed by atoms with van der Waals surface area (Å²) in [5.74, 6) is 0.861. The van der Waals surface area contributed by atoms with Crippen molar-refractivity contribution in [3.05, 3.63) is 121 Å². The zero-order valence-corrected chi connectivity index (χ0v) is 19.4. The standard InChI is InChI=1S/C34H20O2/c1-3-12-22(13-4-1)28-31-33(36-32(28)23-14-5-2-6-15-23)26-18-10-9-17-25(26)30-29-24-16-8-7-11-21(24)19-20-27(29)35-34(30)31/h1-20H. The van der Waals surface area contributed by atoms with Crippen molar-refractivity contribution >= 4 is 54.5 Å².